The Balaban J connectivity index is 1.66. The van der Waals surface area contributed by atoms with E-state index in [1.165, 1.54) is 23.1 Å². The second-order valence-electron chi connectivity index (χ2n) is 6.55. The topological polar surface area (TPSA) is 98.2 Å². The Bertz CT molecular complexity index is 933. The molecule has 138 valence electrons. The number of anilines is 1. The molecule has 0 aliphatic carbocycles. The molecule has 0 radical (unpaired) electrons. The van der Waals surface area contributed by atoms with Gasteiger partial charge in [-0.2, -0.15) is 4.52 Å². The summed E-state index contributed by atoms with van der Waals surface area (Å²) >= 11 is 2.79. The van der Waals surface area contributed by atoms with Gasteiger partial charge < -0.3 is 11.1 Å². The smallest absolute Gasteiger partial charge is 0.235 e. The standard InChI is InChI=1S/C17H22N6OS2/c1-9(2)14(18)15-20-21-16-23(15)22-17(26-16)25-8-13(24)19-12-7-10(3)5-6-11(12)4/h5-7,9,14H,8,18H2,1-4H3,(H,19,24)/t14-/m0/s1. The molecule has 3 aromatic rings. The Morgan fingerprint density at radius 3 is 2.85 bits per heavy atom. The van der Waals surface area contributed by atoms with E-state index in [4.69, 9.17) is 5.73 Å². The highest BCUT2D eigenvalue weighted by Crippen LogP contribution is 2.27. The molecule has 0 unspecified atom stereocenters. The second kappa shape index (κ2) is 7.73. The SMILES string of the molecule is Cc1ccc(C)c(NC(=O)CSc2nn3c([C@@H](N)C(C)C)nnc3s2)c1. The summed E-state index contributed by atoms with van der Waals surface area (Å²) in [5, 5.41) is 15.7. The first-order valence-corrected chi connectivity index (χ1v) is 10.1. The van der Waals surface area contributed by atoms with Crippen molar-refractivity contribution >= 4 is 39.7 Å². The molecule has 1 aromatic carbocycles. The number of fused-ring (bicyclic) bond motifs is 1. The maximum absolute atomic E-state index is 12.3. The molecule has 26 heavy (non-hydrogen) atoms. The lowest BCUT2D eigenvalue weighted by Crippen LogP contribution is -2.20. The van der Waals surface area contributed by atoms with Crippen molar-refractivity contribution in [2.24, 2.45) is 11.7 Å². The zero-order valence-corrected chi connectivity index (χ0v) is 16.8. The summed E-state index contributed by atoms with van der Waals surface area (Å²) < 4.78 is 2.45. The molecule has 3 N–H and O–H groups in total. The van der Waals surface area contributed by atoms with Gasteiger partial charge in [0.15, 0.2) is 10.2 Å². The molecule has 2 heterocycles. The highest BCUT2D eigenvalue weighted by Gasteiger charge is 2.20. The van der Waals surface area contributed by atoms with Crippen LogP contribution in [0, 0.1) is 19.8 Å². The minimum Gasteiger partial charge on any atom is -0.325 e. The first kappa shape index (κ1) is 18.8. The Labute approximate surface area is 160 Å². The Hall–Kier alpha value is -1.97. The van der Waals surface area contributed by atoms with E-state index in [0.29, 0.717) is 10.8 Å². The number of thioether (sulfide) groups is 1. The lowest BCUT2D eigenvalue weighted by atomic mass is 10.1. The van der Waals surface area contributed by atoms with Gasteiger partial charge in [0.25, 0.3) is 0 Å². The van der Waals surface area contributed by atoms with Gasteiger partial charge in [-0.25, -0.2) is 0 Å². The predicted molar refractivity (Wildman–Crippen MR) is 106 cm³/mol. The Morgan fingerprint density at radius 1 is 1.35 bits per heavy atom. The van der Waals surface area contributed by atoms with Gasteiger partial charge in [-0.1, -0.05) is 49.1 Å². The second-order valence-corrected chi connectivity index (χ2v) is 8.72. The van der Waals surface area contributed by atoms with Crippen LogP contribution in [0.2, 0.25) is 0 Å². The Morgan fingerprint density at radius 2 is 2.12 bits per heavy atom. The molecule has 0 saturated heterocycles. The van der Waals surface area contributed by atoms with Crippen LogP contribution < -0.4 is 11.1 Å². The summed E-state index contributed by atoms with van der Waals surface area (Å²) in [6.45, 7) is 8.05. The highest BCUT2D eigenvalue weighted by molar-refractivity contribution is 8.01. The number of benzene rings is 1. The van der Waals surface area contributed by atoms with Gasteiger partial charge in [0.05, 0.1) is 11.8 Å². The number of nitrogens with zero attached hydrogens (tertiary/aromatic N) is 4. The zero-order valence-electron chi connectivity index (χ0n) is 15.2. The van der Waals surface area contributed by atoms with E-state index in [1.807, 2.05) is 45.9 Å². The average molecular weight is 391 g/mol. The van der Waals surface area contributed by atoms with Crippen LogP contribution in [0.4, 0.5) is 5.69 Å². The van der Waals surface area contributed by atoms with Gasteiger partial charge in [-0.05, 0) is 37.0 Å². The third-order valence-electron chi connectivity index (χ3n) is 4.01. The molecule has 0 saturated carbocycles. The fourth-order valence-electron chi connectivity index (χ4n) is 2.36. The Kier molecular flexibility index (Phi) is 5.59. The third kappa shape index (κ3) is 4.05. The molecule has 3 rings (SSSR count). The molecule has 1 amide bonds. The van der Waals surface area contributed by atoms with Crippen molar-refractivity contribution in [3.05, 3.63) is 35.2 Å². The van der Waals surface area contributed by atoms with Crippen LogP contribution in [0.15, 0.2) is 22.5 Å². The number of nitrogens with one attached hydrogen (secondary N) is 1. The summed E-state index contributed by atoms with van der Waals surface area (Å²) in [5.74, 6) is 1.11. The van der Waals surface area contributed by atoms with Crippen molar-refractivity contribution in [2.75, 3.05) is 11.1 Å². The molecule has 7 nitrogen and oxygen atoms in total. The van der Waals surface area contributed by atoms with Crippen LogP contribution in [-0.2, 0) is 4.79 Å². The molecule has 9 heteroatoms. The molecule has 0 bridgehead atoms. The van der Waals surface area contributed by atoms with Crippen LogP contribution in [-0.4, -0.2) is 31.5 Å². The van der Waals surface area contributed by atoms with Crippen molar-refractivity contribution in [3.8, 4) is 0 Å². The van der Waals surface area contributed by atoms with Gasteiger partial charge in [0.1, 0.15) is 0 Å². The summed E-state index contributed by atoms with van der Waals surface area (Å²) in [5.41, 5.74) is 9.16. The predicted octanol–water partition coefficient (Wildman–Crippen LogP) is 3.19. The molecule has 2 aromatic heterocycles. The quantitative estimate of drug-likeness (QED) is 0.627. The van der Waals surface area contributed by atoms with Crippen molar-refractivity contribution in [3.63, 3.8) is 0 Å². The van der Waals surface area contributed by atoms with Crippen molar-refractivity contribution in [2.45, 2.75) is 38.1 Å². The van der Waals surface area contributed by atoms with Gasteiger partial charge in [-0.15, -0.1) is 15.3 Å². The summed E-state index contributed by atoms with van der Waals surface area (Å²) in [4.78, 5) is 12.9. The van der Waals surface area contributed by atoms with E-state index in [2.05, 4.69) is 20.6 Å². The van der Waals surface area contributed by atoms with E-state index in [9.17, 15) is 4.79 Å². The molecular weight excluding hydrogens is 368 g/mol. The molecule has 0 fully saturated rings. The zero-order chi connectivity index (χ0) is 18.8. The summed E-state index contributed by atoms with van der Waals surface area (Å²) in [6.07, 6.45) is 0. The molecule has 0 spiro atoms. The third-order valence-corrected chi connectivity index (χ3v) is 6.04. The number of amides is 1. The highest BCUT2D eigenvalue weighted by atomic mass is 32.2. The summed E-state index contributed by atoms with van der Waals surface area (Å²) in [7, 11) is 0. The summed E-state index contributed by atoms with van der Waals surface area (Å²) in [6, 6.07) is 5.78. The van der Waals surface area contributed by atoms with E-state index in [-0.39, 0.29) is 23.6 Å². The number of carbonyl (C=O) groups excluding carboxylic acids is 1. The molecule has 0 aliphatic heterocycles. The van der Waals surface area contributed by atoms with Crippen LogP contribution >= 0.6 is 23.1 Å². The van der Waals surface area contributed by atoms with Crippen molar-refractivity contribution in [1.82, 2.24) is 19.8 Å². The first-order valence-electron chi connectivity index (χ1n) is 8.32. The van der Waals surface area contributed by atoms with Gasteiger partial charge in [0.2, 0.25) is 10.9 Å². The van der Waals surface area contributed by atoms with E-state index in [1.54, 1.807) is 4.52 Å². The van der Waals surface area contributed by atoms with Crippen LogP contribution in [0.25, 0.3) is 4.96 Å². The minimum absolute atomic E-state index is 0.0613. The van der Waals surface area contributed by atoms with Crippen molar-refractivity contribution in [1.29, 1.82) is 0 Å². The normalized spacial score (nSPS) is 12.7. The minimum atomic E-state index is -0.224. The lowest BCUT2D eigenvalue weighted by Gasteiger charge is -2.11. The molecule has 0 aliphatic rings. The largest absolute Gasteiger partial charge is 0.325 e. The van der Waals surface area contributed by atoms with Crippen LogP contribution in [0.1, 0.15) is 36.8 Å². The van der Waals surface area contributed by atoms with E-state index < -0.39 is 0 Å². The number of hydrogen-bond acceptors (Lipinski definition) is 7. The number of carbonyl (C=O) groups is 1. The van der Waals surface area contributed by atoms with Gasteiger partial charge in [-0.3, -0.25) is 4.79 Å². The first-order chi connectivity index (χ1) is 12.3. The average Bonchev–Trinajstić information content (AvgIpc) is 3.15. The monoisotopic (exact) mass is 390 g/mol. The van der Waals surface area contributed by atoms with Gasteiger partial charge in [0, 0.05) is 5.69 Å². The number of aromatic nitrogens is 4. The number of nitrogens with two attached hydrogens (primary N) is 1. The number of rotatable bonds is 6. The fourth-order valence-corrected chi connectivity index (χ4v) is 4.05. The van der Waals surface area contributed by atoms with Crippen LogP contribution in [0.3, 0.4) is 0 Å². The van der Waals surface area contributed by atoms with E-state index in [0.717, 1.165) is 21.2 Å². The fraction of sp³-hybridized carbons (Fsp3) is 0.412. The maximum Gasteiger partial charge on any atom is 0.235 e. The number of hydrogen-bond donors (Lipinski definition) is 2. The number of aryl methyl sites for hydroxylation is 2. The van der Waals surface area contributed by atoms with Crippen LogP contribution in [0.5, 0.6) is 0 Å². The maximum atomic E-state index is 12.3. The van der Waals surface area contributed by atoms with Gasteiger partial charge >= 0.3 is 0 Å². The lowest BCUT2D eigenvalue weighted by molar-refractivity contribution is -0.113. The molecule has 1 atom stereocenters. The van der Waals surface area contributed by atoms with E-state index >= 15 is 0 Å². The van der Waals surface area contributed by atoms with Crippen molar-refractivity contribution < 1.29 is 4.79 Å². The molecular formula is C17H22N6OS2.